The highest BCUT2D eigenvalue weighted by atomic mass is 32.1. The molecule has 4 nitrogen and oxygen atoms in total. The summed E-state index contributed by atoms with van der Waals surface area (Å²) in [6.45, 7) is 8.15. The van der Waals surface area contributed by atoms with E-state index in [0.717, 1.165) is 15.3 Å². The largest absolute Gasteiger partial charge is 0.351 e. The van der Waals surface area contributed by atoms with Gasteiger partial charge < -0.3 is 5.32 Å². The Labute approximate surface area is 133 Å². The number of anilines is 1. The highest BCUT2D eigenvalue weighted by Gasteiger charge is 2.14. The van der Waals surface area contributed by atoms with Gasteiger partial charge >= 0.3 is 0 Å². The van der Waals surface area contributed by atoms with Crippen molar-refractivity contribution in [3.8, 4) is 10.4 Å². The second-order valence-electron chi connectivity index (χ2n) is 6.49. The molecule has 0 aliphatic rings. The van der Waals surface area contributed by atoms with Crippen molar-refractivity contribution < 1.29 is 0 Å². The van der Waals surface area contributed by atoms with Crippen LogP contribution in [0.15, 0.2) is 35.1 Å². The monoisotopic (exact) mass is 313 g/mol. The van der Waals surface area contributed by atoms with E-state index >= 15 is 0 Å². The molecule has 1 aromatic carbocycles. The molecular formula is C17H19N3OS. The van der Waals surface area contributed by atoms with Crippen LogP contribution in [0.5, 0.6) is 0 Å². The summed E-state index contributed by atoms with van der Waals surface area (Å²) in [6.07, 6.45) is 0. The molecule has 2 N–H and O–H groups in total. The van der Waals surface area contributed by atoms with Gasteiger partial charge in [0.1, 0.15) is 4.83 Å². The average Bonchev–Trinajstić information content (AvgIpc) is 2.82. The molecule has 0 unspecified atom stereocenters. The summed E-state index contributed by atoms with van der Waals surface area (Å²) in [6, 6.07) is 10.2. The van der Waals surface area contributed by atoms with Gasteiger partial charge in [0.15, 0.2) is 0 Å². The highest BCUT2D eigenvalue weighted by Crippen LogP contribution is 2.31. The van der Waals surface area contributed by atoms with E-state index in [9.17, 15) is 4.79 Å². The normalized spacial score (nSPS) is 11.8. The molecule has 22 heavy (non-hydrogen) atoms. The van der Waals surface area contributed by atoms with Gasteiger partial charge in [0, 0.05) is 10.4 Å². The van der Waals surface area contributed by atoms with E-state index in [1.54, 1.807) is 0 Å². The first-order chi connectivity index (χ1) is 10.3. The van der Waals surface area contributed by atoms with Gasteiger partial charge in [-0.1, -0.05) is 29.8 Å². The van der Waals surface area contributed by atoms with Crippen LogP contribution in [-0.2, 0) is 0 Å². The van der Waals surface area contributed by atoms with Crippen molar-refractivity contribution in [2.24, 2.45) is 0 Å². The van der Waals surface area contributed by atoms with Crippen LogP contribution in [0.3, 0.4) is 0 Å². The fourth-order valence-corrected chi connectivity index (χ4v) is 3.24. The summed E-state index contributed by atoms with van der Waals surface area (Å²) in [5.41, 5.74) is 2.07. The second-order valence-corrected chi connectivity index (χ2v) is 7.52. The lowest BCUT2D eigenvalue weighted by Gasteiger charge is -2.20. The van der Waals surface area contributed by atoms with Crippen LogP contribution in [0.4, 0.5) is 5.95 Å². The van der Waals surface area contributed by atoms with Gasteiger partial charge in [0.2, 0.25) is 5.95 Å². The van der Waals surface area contributed by atoms with Crippen LogP contribution < -0.4 is 10.9 Å². The van der Waals surface area contributed by atoms with E-state index in [-0.39, 0.29) is 11.1 Å². The number of hydrogen-bond acceptors (Lipinski definition) is 4. The predicted molar refractivity (Wildman–Crippen MR) is 93.8 cm³/mol. The molecule has 0 saturated carbocycles. The number of aromatic nitrogens is 2. The van der Waals surface area contributed by atoms with Gasteiger partial charge in [-0.25, -0.2) is 4.98 Å². The van der Waals surface area contributed by atoms with Crippen molar-refractivity contribution in [1.29, 1.82) is 0 Å². The number of fused-ring (bicyclic) bond motifs is 1. The molecular weight excluding hydrogens is 294 g/mol. The van der Waals surface area contributed by atoms with Gasteiger partial charge in [0.25, 0.3) is 5.56 Å². The smallest absolute Gasteiger partial charge is 0.261 e. The van der Waals surface area contributed by atoms with Crippen LogP contribution in [-0.4, -0.2) is 15.5 Å². The van der Waals surface area contributed by atoms with Gasteiger partial charge in [-0.15, -0.1) is 11.3 Å². The third-order valence-corrected chi connectivity index (χ3v) is 4.31. The molecule has 0 aliphatic carbocycles. The fraction of sp³-hybridized carbons (Fsp3) is 0.294. The van der Waals surface area contributed by atoms with E-state index in [1.807, 2.05) is 26.8 Å². The number of aryl methyl sites for hydroxylation is 1. The van der Waals surface area contributed by atoms with Crippen molar-refractivity contribution in [2.45, 2.75) is 33.2 Å². The molecule has 3 aromatic rings. The van der Waals surface area contributed by atoms with E-state index in [2.05, 4.69) is 46.5 Å². The molecule has 0 radical (unpaired) electrons. The lowest BCUT2D eigenvalue weighted by Crippen LogP contribution is -2.28. The van der Waals surface area contributed by atoms with E-state index in [4.69, 9.17) is 0 Å². The number of rotatable bonds is 2. The van der Waals surface area contributed by atoms with Crippen LogP contribution in [0.2, 0.25) is 0 Å². The standard InChI is InChI=1S/C17H19N3OS/c1-10-5-7-11(8-6-10)13-9-12-14(21)18-16(19-15(12)22-13)20-17(2,3)4/h5-9H,1-4H3,(H2,18,19,20,21). The third-order valence-electron chi connectivity index (χ3n) is 3.23. The van der Waals surface area contributed by atoms with Crippen molar-refractivity contribution in [3.63, 3.8) is 0 Å². The summed E-state index contributed by atoms with van der Waals surface area (Å²) in [5.74, 6) is 0.516. The molecule has 0 aliphatic heterocycles. The molecule has 5 heteroatoms. The maximum absolute atomic E-state index is 12.3. The van der Waals surface area contributed by atoms with Gasteiger partial charge in [-0.05, 0) is 39.3 Å². The summed E-state index contributed by atoms with van der Waals surface area (Å²) in [5, 5.41) is 3.85. The summed E-state index contributed by atoms with van der Waals surface area (Å²) < 4.78 is 0. The van der Waals surface area contributed by atoms with Crippen LogP contribution in [0.1, 0.15) is 26.3 Å². The quantitative estimate of drug-likeness (QED) is 0.746. The second kappa shape index (κ2) is 5.25. The number of benzene rings is 1. The molecule has 0 amide bonds. The Morgan fingerprint density at radius 2 is 1.86 bits per heavy atom. The molecule has 114 valence electrons. The molecule has 2 aromatic heterocycles. The number of H-pyrrole nitrogens is 1. The zero-order chi connectivity index (χ0) is 15.9. The SMILES string of the molecule is Cc1ccc(-c2cc3c(=O)[nH]c(NC(C)(C)C)nc3s2)cc1. The number of nitrogens with one attached hydrogen (secondary N) is 2. The summed E-state index contributed by atoms with van der Waals surface area (Å²) in [7, 11) is 0. The van der Waals surface area contributed by atoms with Crippen LogP contribution >= 0.6 is 11.3 Å². The molecule has 3 rings (SSSR count). The Bertz CT molecular complexity index is 870. The zero-order valence-electron chi connectivity index (χ0n) is 13.2. The highest BCUT2D eigenvalue weighted by molar-refractivity contribution is 7.21. The fourth-order valence-electron chi connectivity index (χ4n) is 2.21. The molecule has 2 heterocycles. The van der Waals surface area contributed by atoms with Gasteiger partial charge in [0.05, 0.1) is 5.39 Å². The zero-order valence-corrected chi connectivity index (χ0v) is 14.0. The van der Waals surface area contributed by atoms with Gasteiger partial charge in [-0.2, -0.15) is 0 Å². The van der Waals surface area contributed by atoms with Crippen LogP contribution in [0.25, 0.3) is 20.7 Å². The lowest BCUT2D eigenvalue weighted by atomic mass is 10.1. The Kier molecular flexibility index (Phi) is 3.53. The van der Waals surface area contributed by atoms with Crippen molar-refractivity contribution in [2.75, 3.05) is 5.32 Å². The predicted octanol–water partition coefficient (Wildman–Crippen LogP) is 4.17. The number of aromatic amines is 1. The van der Waals surface area contributed by atoms with Crippen molar-refractivity contribution in [3.05, 3.63) is 46.2 Å². The summed E-state index contributed by atoms with van der Waals surface area (Å²) >= 11 is 1.54. The number of hydrogen-bond donors (Lipinski definition) is 2. The van der Waals surface area contributed by atoms with Gasteiger partial charge in [-0.3, -0.25) is 9.78 Å². The average molecular weight is 313 g/mol. The molecule has 0 bridgehead atoms. The van der Waals surface area contributed by atoms with E-state index in [0.29, 0.717) is 11.3 Å². The summed E-state index contributed by atoms with van der Waals surface area (Å²) in [4.78, 5) is 21.4. The molecule has 0 saturated heterocycles. The lowest BCUT2D eigenvalue weighted by molar-refractivity contribution is 0.626. The minimum Gasteiger partial charge on any atom is -0.351 e. The maximum Gasteiger partial charge on any atom is 0.261 e. The first-order valence-corrected chi connectivity index (χ1v) is 8.02. The molecule has 0 spiro atoms. The Morgan fingerprint density at radius 3 is 2.50 bits per heavy atom. The minimum atomic E-state index is -0.152. The van der Waals surface area contributed by atoms with Crippen LogP contribution in [0, 0.1) is 6.92 Å². The third kappa shape index (κ3) is 3.04. The van der Waals surface area contributed by atoms with Crippen molar-refractivity contribution in [1.82, 2.24) is 9.97 Å². The van der Waals surface area contributed by atoms with Crippen molar-refractivity contribution >= 4 is 27.5 Å². The Hall–Kier alpha value is -2.14. The topological polar surface area (TPSA) is 57.8 Å². The van der Waals surface area contributed by atoms with E-state index < -0.39 is 0 Å². The number of thiophene rings is 1. The Morgan fingerprint density at radius 1 is 1.18 bits per heavy atom. The molecule has 0 fully saturated rings. The first kappa shape index (κ1) is 14.8. The number of nitrogens with zero attached hydrogens (tertiary/aromatic N) is 1. The first-order valence-electron chi connectivity index (χ1n) is 7.21. The Balaban J connectivity index is 2.08. The minimum absolute atomic E-state index is 0.105. The van der Waals surface area contributed by atoms with E-state index in [1.165, 1.54) is 16.9 Å². The maximum atomic E-state index is 12.3. The molecule has 0 atom stereocenters.